The summed E-state index contributed by atoms with van der Waals surface area (Å²) in [5.74, 6) is 0.300. The molecule has 0 aliphatic heterocycles. The average molecular weight is 202 g/mol. The molecular formula is C8H8ClNO3. The van der Waals surface area contributed by atoms with E-state index in [-0.39, 0.29) is 0 Å². The quantitative estimate of drug-likeness (QED) is 0.429. The number of hydrogen-bond acceptors (Lipinski definition) is 4. The predicted octanol–water partition coefficient (Wildman–Crippen LogP) is 2.07. The molecule has 1 rings (SSSR count). The molecule has 0 radical (unpaired) electrons. The molecule has 0 aliphatic carbocycles. The molecule has 0 atom stereocenters. The van der Waals surface area contributed by atoms with Gasteiger partial charge in [-0.2, -0.15) is 0 Å². The first kappa shape index (κ1) is 9.67. The van der Waals surface area contributed by atoms with Crippen LogP contribution in [0.3, 0.4) is 0 Å². The third-order valence-corrected chi connectivity index (χ3v) is 1.68. The Morgan fingerprint density at radius 2 is 2.23 bits per heavy atom. The van der Waals surface area contributed by atoms with Crippen LogP contribution in [-0.2, 0) is 4.74 Å². The van der Waals surface area contributed by atoms with Crippen molar-refractivity contribution in [2.45, 2.75) is 0 Å². The monoisotopic (exact) mass is 201 g/mol. The maximum Gasteiger partial charge on any atom is 0.513 e. The molecule has 0 aromatic heterocycles. The molecule has 0 aliphatic rings. The van der Waals surface area contributed by atoms with Crippen LogP contribution < -0.4 is 10.5 Å². The molecule has 0 saturated heterocycles. The van der Waals surface area contributed by atoms with Crippen LogP contribution in [0.2, 0.25) is 5.02 Å². The lowest BCUT2D eigenvalue weighted by atomic mass is 10.3. The summed E-state index contributed by atoms with van der Waals surface area (Å²) in [5.41, 5.74) is 5.82. The fourth-order valence-electron chi connectivity index (χ4n) is 0.723. The van der Waals surface area contributed by atoms with Gasteiger partial charge in [-0.1, -0.05) is 11.6 Å². The van der Waals surface area contributed by atoms with Gasteiger partial charge in [0.25, 0.3) is 0 Å². The minimum Gasteiger partial charge on any atom is -0.437 e. The molecule has 0 fully saturated rings. The van der Waals surface area contributed by atoms with E-state index in [1.165, 1.54) is 25.3 Å². The largest absolute Gasteiger partial charge is 0.513 e. The summed E-state index contributed by atoms with van der Waals surface area (Å²) in [6.45, 7) is 0. The summed E-state index contributed by atoms with van der Waals surface area (Å²) in [6, 6.07) is 4.50. The summed E-state index contributed by atoms with van der Waals surface area (Å²) in [4.78, 5) is 10.7. The van der Waals surface area contributed by atoms with Gasteiger partial charge >= 0.3 is 6.16 Å². The van der Waals surface area contributed by atoms with Crippen LogP contribution in [0.5, 0.6) is 5.75 Å². The van der Waals surface area contributed by atoms with Gasteiger partial charge in [-0.25, -0.2) is 4.79 Å². The Morgan fingerprint density at radius 3 is 2.77 bits per heavy atom. The van der Waals surface area contributed by atoms with Crippen molar-refractivity contribution < 1.29 is 14.3 Å². The number of rotatable bonds is 1. The topological polar surface area (TPSA) is 61.5 Å². The Morgan fingerprint density at radius 1 is 1.54 bits per heavy atom. The van der Waals surface area contributed by atoms with Crippen molar-refractivity contribution >= 4 is 23.4 Å². The molecule has 5 heteroatoms. The first-order valence-corrected chi connectivity index (χ1v) is 3.82. The van der Waals surface area contributed by atoms with Crippen molar-refractivity contribution in [2.75, 3.05) is 12.8 Å². The molecule has 70 valence electrons. The highest BCUT2D eigenvalue weighted by Gasteiger charge is 2.04. The summed E-state index contributed by atoms with van der Waals surface area (Å²) >= 11 is 5.65. The van der Waals surface area contributed by atoms with Gasteiger partial charge in [0, 0.05) is 6.07 Å². The number of ether oxygens (including phenoxy) is 2. The summed E-state index contributed by atoms with van der Waals surface area (Å²) in [7, 11) is 1.22. The Bertz CT molecular complexity index is 327. The Labute approximate surface area is 80.2 Å². The SMILES string of the molecule is COC(=O)Oc1ccc(Cl)c(N)c1. The van der Waals surface area contributed by atoms with Gasteiger partial charge < -0.3 is 15.2 Å². The van der Waals surface area contributed by atoms with Crippen molar-refractivity contribution in [3.8, 4) is 5.75 Å². The van der Waals surface area contributed by atoms with Gasteiger partial charge in [0.1, 0.15) is 5.75 Å². The van der Waals surface area contributed by atoms with Crippen LogP contribution >= 0.6 is 11.6 Å². The molecule has 1 aromatic rings. The fraction of sp³-hybridized carbons (Fsp3) is 0.125. The standard InChI is InChI=1S/C8H8ClNO3/c1-12-8(11)13-5-2-3-6(9)7(10)4-5/h2-4H,10H2,1H3. The molecule has 2 N–H and O–H groups in total. The minimum atomic E-state index is -0.790. The van der Waals surface area contributed by atoms with E-state index in [1.807, 2.05) is 0 Å². The molecule has 0 heterocycles. The van der Waals surface area contributed by atoms with E-state index in [4.69, 9.17) is 22.1 Å². The van der Waals surface area contributed by atoms with Crippen LogP contribution in [0, 0.1) is 0 Å². The normalized spacial score (nSPS) is 9.38. The number of nitrogen functional groups attached to an aromatic ring is 1. The lowest BCUT2D eigenvalue weighted by Crippen LogP contribution is -2.07. The van der Waals surface area contributed by atoms with E-state index >= 15 is 0 Å². The molecule has 1 aromatic carbocycles. The number of carbonyl (C=O) groups is 1. The second-order valence-corrected chi connectivity index (χ2v) is 2.65. The van der Waals surface area contributed by atoms with Gasteiger partial charge in [-0.3, -0.25) is 0 Å². The molecule has 0 saturated carbocycles. The van der Waals surface area contributed by atoms with Gasteiger partial charge in [0.15, 0.2) is 0 Å². The summed E-state index contributed by atoms with van der Waals surface area (Å²) in [5, 5.41) is 0.414. The van der Waals surface area contributed by atoms with Crippen LogP contribution in [-0.4, -0.2) is 13.3 Å². The van der Waals surface area contributed by atoms with Crippen molar-refractivity contribution in [3.05, 3.63) is 23.2 Å². The van der Waals surface area contributed by atoms with Crippen LogP contribution in [0.15, 0.2) is 18.2 Å². The van der Waals surface area contributed by atoms with Gasteiger partial charge in [0.05, 0.1) is 17.8 Å². The number of halogens is 1. The van der Waals surface area contributed by atoms with E-state index in [9.17, 15) is 4.79 Å². The zero-order valence-corrected chi connectivity index (χ0v) is 7.67. The Kier molecular flexibility index (Phi) is 2.97. The first-order chi connectivity index (χ1) is 6.13. The zero-order chi connectivity index (χ0) is 9.84. The van der Waals surface area contributed by atoms with E-state index < -0.39 is 6.16 Å². The Hall–Kier alpha value is -1.42. The highest BCUT2D eigenvalue weighted by molar-refractivity contribution is 6.33. The summed E-state index contributed by atoms with van der Waals surface area (Å²) in [6.07, 6.45) is -0.790. The number of carbonyl (C=O) groups excluding carboxylic acids is 1. The number of methoxy groups -OCH3 is 1. The van der Waals surface area contributed by atoms with E-state index in [2.05, 4.69) is 4.74 Å². The molecule has 0 bridgehead atoms. The minimum absolute atomic E-state index is 0.300. The second kappa shape index (κ2) is 4.00. The van der Waals surface area contributed by atoms with Crippen LogP contribution in [0.1, 0.15) is 0 Å². The van der Waals surface area contributed by atoms with Crippen molar-refractivity contribution in [2.24, 2.45) is 0 Å². The number of nitrogens with two attached hydrogens (primary N) is 1. The van der Waals surface area contributed by atoms with Gasteiger partial charge in [-0.15, -0.1) is 0 Å². The molecule has 13 heavy (non-hydrogen) atoms. The number of anilines is 1. The third-order valence-electron chi connectivity index (χ3n) is 1.34. The van der Waals surface area contributed by atoms with E-state index in [0.717, 1.165) is 0 Å². The molecule has 0 unspecified atom stereocenters. The summed E-state index contributed by atoms with van der Waals surface area (Å²) < 4.78 is 8.99. The van der Waals surface area contributed by atoms with Crippen molar-refractivity contribution in [3.63, 3.8) is 0 Å². The molecular weight excluding hydrogens is 194 g/mol. The maximum atomic E-state index is 10.7. The zero-order valence-electron chi connectivity index (χ0n) is 6.91. The maximum absolute atomic E-state index is 10.7. The molecule has 0 amide bonds. The van der Waals surface area contributed by atoms with E-state index in [0.29, 0.717) is 16.5 Å². The lowest BCUT2D eigenvalue weighted by Gasteiger charge is -2.03. The van der Waals surface area contributed by atoms with Crippen LogP contribution in [0.25, 0.3) is 0 Å². The van der Waals surface area contributed by atoms with E-state index in [1.54, 1.807) is 0 Å². The highest BCUT2D eigenvalue weighted by atomic mass is 35.5. The van der Waals surface area contributed by atoms with Crippen LogP contribution in [0.4, 0.5) is 10.5 Å². The average Bonchev–Trinajstić information content (AvgIpc) is 2.11. The predicted molar refractivity (Wildman–Crippen MR) is 48.9 cm³/mol. The Balaban J connectivity index is 2.79. The smallest absolute Gasteiger partial charge is 0.437 e. The van der Waals surface area contributed by atoms with Gasteiger partial charge in [0.2, 0.25) is 0 Å². The lowest BCUT2D eigenvalue weighted by molar-refractivity contribution is 0.121. The van der Waals surface area contributed by atoms with Gasteiger partial charge in [-0.05, 0) is 12.1 Å². The second-order valence-electron chi connectivity index (χ2n) is 2.24. The third kappa shape index (κ3) is 2.52. The van der Waals surface area contributed by atoms with Crippen molar-refractivity contribution in [1.29, 1.82) is 0 Å². The highest BCUT2D eigenvalue weighted by Crippen LogP contribution is 2.23. The molecule has 4 nitrogen and oxygen atoms in total. The van der Waals surface area contributed by atoms with Crippen molar-refractivity contribution in [1.82, 2.24) is 0 Å². The number of hydrogen-bond donors (Lipinski definition) is 1. The number of benzene rings is 1. The molecule has 0 spiro atoms. The fourth-order valence-corrected chi connectivity index (χ4v) is 0.841. The first-order valence-electron chi connectivity index (χ1n) is 3.44.